The number of hydrogen-bond donors (Lipinski definition) is 2. The molecule has 0 spiro atoms. The molecule has 1 fully saturated rings. The van der Waals surface area contributed by atoms with Crippen LogP contribution in [-0.4, -0.2) is 95.8 Å². The number of piperidine rings is 1. The zero-order chi connectivity index (χ0) is 35.0. The van der Waals surface area contributed by atoms with E-state index in [1.165, 1.54) is 0 Å². The monoisotopic (exact) mass is 671 g/mol. The van der Waals surface area contributed by atoms with E-state index in [-0.39, 0.29) is 36.6 Å². The highest BCUT2D eigenvalue weighted by Crippen LogP contribution is 2.28. The number of benzene rings is 3. The zero-order valence-corrected chi connectivity index (χ0v) is 29.4. The first-order valence-electron chi connectivity index (χ1n) is 17.6. The molecule has 0 bridgehead atoms. The fourth-order valence-electron chi connectivity index (χ4n) is 6.04. The molecule has 0 aromatic heterocycles. The summed E-state index contributed by atoms with van der Waals surface area (Å²) in [6.45, 7) is 5.62. The van der Waals surface area contributed by atoms with Crippen LogP contribution in [0.2, 0.25) is 0 Å². The topological polar surface area (TPSA) is 106 Å². The van der Waals surface area contributed by atoms with E-state index in [1.54, 1.807) is 34.3 Å². The van der Waals surface area contributed by atoms with Crippen molar-refractivity contribution in [3.05, 3.63) is 84.4 Å². The second kappa shape index (κ2) is 19.6. The molecular weight excluding hydrogens is 618 g/mol. The predicted octanol–water partition coefficient (Wildman–Crippen LogP) is 6.77. The van der Waals surface area contributed by atoms with Gasteiger partial charge in [-0.15, -0.1) is 0 Å². The summed E-state index contributed by atoms with van der Waals surface area (Å²) in [5, 5.41) is 16.0. The van der Waals surface area contributed by atoms with Crippen molar-refractivity contribution in [3.8, 4) is 16.9 Å². The lowest BCUT2D eigenvalue weighted by Gasteiger charge is -2.36. The molecule has 3 amide bonds. The first-order chi connectivity index (χ1) is 23.7. The number of carbonyl (C=O) groups excluding carboxylic acids is 3. The van der Waals surface area contributed by atoms with Crippen molar-refractivity contribution in [2.45, 2.75) is 70.9 Å². The number of carbonyl (C=O) groups is 3. The molecule has 1 saturated heterocycles. The number of phenols is 1. The SMILES string of the molecule is CCCCCN(C(=O)CCN1CCC(OC(=O)Nc2ccccc2-c2ccccc2)CC1)N(Cc1ccc(O)cc1)C(=O)CCCN(C)C. The molecule has 10 nitrogen and oxygen atoms in total. The molecule has 10 heteroatoms. The molecule has 0 radical (unpaired) electrons. The number of ether oxygens (including phenoxy) is 1. The van der Waals surface area contributed by atoms with Gasteiger partial charge in [0.15, 0.2) is 0 Å². The lowest BCUT2D eigenvalue weighted by atomic mass is 10.0. The Balaban J connectivity index is 1.32. The van der Waals surface area contributed by atoms with Crippen molar-refractivity contribution < 1.29 is 24.2 Å². The molecule has 4 rings (SSSR count). The number of likely N-dealkylation sites (tertiary alicyclic amines) is 1. The van der Waals surface area contributed by atoms with Crippen LogP contribution in [0.3, 0.4) is 0 Å². The molecule has 1 aliphatic rings. The van der Waals surface area contributed by atoms with Gasteiger partial charge in [0.2, 0.25) is 11.8 Å². The number of hydrazine groups is 1. The predicted molar refractivity (Wildman–Crippen MR) is 194 cm³/mol. The summed E-state index contributed by atoms with van der Waals surface area (Å²) in [5.41, 5.74) is 3.50. The van der Waals surface area contributed by atoms with E-state index in [1.807, 2.05) is 73.6 Å². The van der Waals surface area contributed by atoms with Crippen LogP contribution in [0.1, 0.15) is 63.9 Å². The molecule has 3 aromatic rings. The van der Waals surface area contributed by atoms with Gasteiger partial charge in [0, 0.05) is 44.6 Å². The van der Waals surface area contributed by atoms with Gasteiger partial charge in [-0.25, -0.2) is 9.80 Å². The Hall–Kier alpha value is -4.41. The average Bonchev–Trinajstić information content (AvgIpc) is 3.10. The number of rotatable bonds is 16. The molecule has 0 unspecified atom stereocenters. The summed E-state index contributed by atoms with van der Waals surface area (Å²) in [4.78, 5) is 44.6. The lowest BCUT2D eigenvalue weighted by Crippen LogP contribution is -2.50. The molecular formula is C39H53N5O5. The largest absolute Gasteiger partial charge is 0.508 e. The first kappa shape index (κ1) is 37.4. The summed E-state index contributed by atoms with van der Waals surface area (Å²) < 4.78 is 5.81. The van der Waals surface area contributed by atoms with Crippen molar-refractivity contribution >= 4 is 23.6 Å². The Labute approximate surface area is 291 Å². The van der Waals surface area contributed by atoms with E-state index < -0.39 is 6.09 Å². The van der Waals surface area contributed by atoms with Gasteiger partial charge >= 0.3 is 6.09 Å². The molecule has 3 aromatic carbocycles. The van der Waals surface area contributed by atoms with E-state index in [4.69, 9.17) is 4.74 Å². The highest BCUT2D eigenvalue weighted by molar-refractivity contribution is 5.91. The third-order valence-corrected chi connectivity index (χ3v) is 8.80. The van der Waals surface area contributed by atoms with Gasteiger partial charge in [-0.3, -0.25) is 19.9 Å². The van der Waals surface area contributed by atoms with Crippen LogP contribution in [0, 0.1) is 0 Å². The molecule has 2 N–H and O–H groups in total. The molecule has 264 valence electrons. The van der Waals surface area contributed by atoms with Crippen molar-refractivity contribution in [1.29, 1.82) is 0 Å². The minimum Gasteiger partial charge on any atom is -0.508 e. The quantitative estimate of drug-likeness (QED) is 0.128. The van der Waals surface area contributed by atoms with E-state index in [0.29, 0.717) is 57.5 Å². The lowest BCUT2D eigenvalue weighted by molar-refractivity contribution is -0.166. The number of para-hydroxylation sites is 1. The van der Waals surface area contributed by atoms with Crippen molar-refractivity contribution in [1.82, 2.24) is 19.8 Å². The van der Waals surface area contributed by atoms with E-state index >= 15 is 0 Å². The Kier molecular flexibility index (Phi) is 14.9. The Morgan fingerprint density at radius 1 is 0.816 bits per heavy atom. The average molecular weight is 672 g/mol. The Morgan fingerprint density at radius 3 is 2.18 bits per heavy atom. The third-order valence-electron chi connectivity index (χ3n) is 8.80. The van der Waals surface area contributed by atoms with Crippen LogP contribution in [0.15, 0.2) is 78.9 Å². The summed E-state index contributed by atoms with van der Waals surface area (Å²) in [6.07, 6.45) is 4.78. The maximum atomic E-state index is 13.8. The van der Waals surface area contributed by atoms with Crippen LogP contribution in [0.25, 0.3) is 11.1 Å². The van der Waals surface area contributed by atoms with Crippen molar-refractivity contribution in [3.63, 3.8) is 0 Å². The fraction of sp³-hybridized carbons (Fsp3) is 0.462. The maximum Gasteiger partial charge on any atom is 0.411 e. The van der Waals surface area contributed by atoms with Gasteiger partial charge in [0.1, 0.15) is 11.9 Å². The molecule has 1 heterocycles. The second-order valence-corrected chi connectivity index (χ2v) is 13.0. The molecule has 0 aliphatic carbocycles. The van der Waals surface area contributed by atoms with Crippen LogP contribution in [0.5, 0.6) is 5.75 Å². The van der Waals surface area contributed by atoms with Crippen LogP contribution in [0.4, 0.5) is 10.5 Å². The van der Waals surface area contributed by atoms with Crippen LogP contribution >= 0.6 is 0 Å². The van der Waals surface area contributed by atoms with Crippen molar-refractivity contribution in [2.24, 2.45) is 0 Å². The van der Waals surface area contributed by atoms with E-state index in [0.717, 1.165) is 42.5 Å². The Bertz CT molecular complexity index is 1460. The number of hydrogen-bond acceptors (Lipinski definition) is 7. The second-order valence-electron chi connectivity index (χ2n) is 13.0. The number of aromatic hydroxyl groups is 1. The number of amides is 3. The van der Waals surface area contributed by atoms with E-state index in [2.05, 4.69) is 17.1 Å². The van der Waals surface area contributed by atoms with Gasteiger partial charge in [-0.2, -0.15) is 0 Å². The highest BCUT2D eigenvalue weighted by atomic mass is 16.6. The summed E-state index contributed by atoms with van der Waals surface area (Å²) in [6, 6.07) is 24.4. The summed E-state index contributed by atoms with van der Waals surface area (Å²) >= 11 is 0. The van der Waals surface area contributed by atoms with Gasteiger partial charge < -0.3 is 19.6 Å². The number of anilines is 1. The van der Waals surface area contributed by atoms with Crippen LogP contribution < -0.4 is 5.32 Å². The highest BCUT2D eigenvalue weighted by Gasteiger charge is 2.28. The summed E-state index contributed by atoms with van der Waals surface area (Å²) in [7, 11) is 3.96. The summed E-state index contributed by atoms with van der Waals surface area (Å²) in [5.74, 6) is -0.000225. The number of nitrogens with zero attached hydrogens (tertiary/aromatic N) is 4. The van der Waals surface area contributed by atoms with Crippen LogP contribution in [-0.2, 0) is 20.9 Å². The fourth-order valence-corrected chi connectivity index (χ4v) is 6.04. The molecule has 1 aliphatic heterocycles. The van der Waals surface area contributed by atoms with E-state index in [9.17, 15) is 19.5 Å². The third kappa shape index (κ3) is 12.2. The number of phenolic OH excluding ortho intramolecular Hbond substituents is 1. The minimum absolute atomic E-state index is 0.0781. The number of nitrogens with one attached hydrogen (secondary N) is 1. The molecule has 0 atom stereocenters. The maximum absolute atomic E-state index is 13.8. The minimum atomic E-state index is -0.469. The van der Waals surface area contributed by atoms with Gasteiger partial charge in [-0.05, 0) is 75.6 Å². The van der Waals surface area contributed by atoms with Gasteiger partial charge in [-0.1, -0.05) is 80.4 Å². The number of unbranched alkanes of at least 4 members (excludes halogenated alkanes) is 2. The Morgan fingerprint density at radius 2 is 1.49 bits per heavy atom. The smallest absolute Gasteiger partial charge is 0.411 e. The molecule has 0 saturated carbocycles. The normalized spacial score (nSPS) is 13.6. The van der Waals surface area contributed by atoms with Gasteiger partial charge in [0.25, 0.3) is 0 Å². The molecule has 49 heavy (non-hydrogen) atoms. The van der Waals surface area contributed by atoms with Gasteiger partial charge in [0.05, 0.1) is 12.2 Å². The zero-order valence-electron chi connectivity index (χ0n) is 29.4. The standard InChI is InChI=1S/C39H53N5O5/c1-4-5-11-26-43(44(37(46)17-12-25-41(2)3)30-31-18-20-33(45)21-19-31)38(47)24-29-42-27-22-34(23-28-42)49-39(48)40-36-16-10-9-15-35(36)32-13-7-6-8-14-32/h6-10,13-16,18-21,34,45H,4-5,11-12,17,22-30H2,1-3H3,(H,40,48). The van der Waals surface area contributed by atoms with Crippen molar-refractivity contribution in [2.75, 3.05) is 52.1 Å². The first-order valence-corrected chi connectivity index (χ1v) is 17.6.